The maximum Gasteiger partial charge on any atom is 0.295 e. The van der Waals surface area contributed by atoms with Crippen LogP contribution in [0.15, 0.2) is 52.8 Å². The number of Topliss-reactive ketones (excluding diaryl/α,β-unsaturated/α-hetero) is 1. The van der Waals surface area contributed by atoms with Crippen LogP contribution in [0, 0.1) is 6.92 Å². The molecular weight excluding hydrogens is 434 g/mol. The molecule has 0 saturated carbocycles. The van der Waals surface area contributed by atoms with Gasteiger partial charge in [-0.3, -0.25) is 14.6 Å². The van der Waals surface area contributed by atoms with Crippen LogP contribution in [0.3, 0.4) is 0 Å². The average Bonchev–Trinajstić information content (AvgIpc) is 2.95. The number of aromatic nitrogens is 1. The Hall–Kier alpha value is -2.51. The molecule has 0 aliphatic carbocycles. The van der Waals surface area contributed by atoms with Crippen molar-refractivity contribution in [2.24, 2.45) is 0 Å². The quantitative estimate of drug-likeness (QED) is 0.408. The Labute approximate surface area is 179 Å². The number of carbonyl (C=O) groups excluding carboxylic acids is 2. The third-order valence-electron chi connectivity index (χ3n) is 4.98. The highest BCUT2D eigenvalue weighted by Gasteiger charge is 2.45. The monoisotopic (exact) mass is 457 g/mol. The molecule has 1 aliphatic heterocycles. The fourth-order valence-electron chi connectivity index (χ4n) is 3.50. The van der Waals surface area contributed by atoms with Crippen molar-refractivity contribution in [3.63, 3.8) is 0 Å². The van der Waals surface area contributed by atoms with Gasteiger partial charge in [0.1, 0.15) is 5.76 Å². The van der Waals surface area contributed by atoms with Crippen molar-refractivity contribution < 1.29 is 14.7 Å². The second kappa shape index (κ2) is 8.88. The molecule has 1 atom stereocenters. The lowest BCUT2D eigenvalue weighted by Gasteiger charge is -2.25. The molecule has 1 amide bonds. The number of hydrogen-bond donors (Lipinski definition) is 1. The topological polar surface area (TPSA) is 73.7 Å². The molecule has 1 aromatic heterocycles. The number of benzene rings is 1. The van der Waals surface area contributed by atoms with Crippen molar-refractivity contribution >= 4 is 33.4 Å². The number of carbonyl (C=O) groups is 2. The summed E-state index contributed by atoms with van der Waals surface area (Å²) in [5.74, 6) is -1.42. The fraction of sp³-hybridized carbons (Fsp3) is 0.318. The predicted molar refractivity (Wildman–Crippen MR) is 115 cm³/mol. The van der Waals surface area contributed by atoms with E-state index in [0.29, 0.717) is 24.1 Å². The van der Waals surface area contributed by atoms with Gasteiger partial charge in [0.15, 0.2) is 0 Å². The third-order valence-corrected chi connectivity index (χ3v) is 5.87. The highest BCUT2D eigenvalue weighted by molar-refractivity contribution is 9.10. The van der Waals surface area contributed by atoms with Gasteiger partial charge in [-0.2, -0.15) is 0 Å². The minimum Gasteiger partial charge on any atom is -0.507 e. The van der Waals surface area contributed by atoms with E-state index in [1.54, 1.807) is 35.5 Å². The van der Waals surface area contributed by atoms with Gasteiger partial charge in [-0.1, -0.05) is 28.1 Å². The van der Waals surface area contributed by atoms with E-state index in [-0.39, 0.29) is 11.3 Å². The van der Waals surface area contributed by atoms with E-state index < -0.39 is 17.7 Å². The Morgan fingerprint density at radius 2 is 2.03 bits per heavy atom. The summed E-state index contributed by atoms with van der Waals surface area (Å²) in [6.07, 6.45) is 3.99. The van der Waals surface area contributed by atoms with Gasteiger partial charge in [0, 0.05) is 29.0 Å². The van der Waals surface area contributed by atoms with Crippen LogP contribution in [0.25, 0.3) is 5.76 Å². The number of aliphatic hydroxyl groups is 1. The number of amides is 1. The Kier molecular flexibility index (Phi) is 6.49. The minimum atomic E-state index is -0.665. The zero-order valence-corrected chi connectivity index (χ0v) is 18.3. The van der Waals surface area contributed by atoms with Crippen molar-refractivity contribution in [2.75, 3.05) is 27.2 Å². The van der Waals surface area contributed by atoms with Crippen LogP contribution in [0.4, 0.5) is 0 Å². The summed E-state index contributed by atoms with van der Waals surface area (Å²) in [4.78, 5) is 33.5. The second-order valence-electron chi connectivity index (χ2n) is 7.40. The van der Waals surface area contributed by atoms with Gasteiger partial charge in [0.2, 0.25) is 0 Å². The van der Waals surface area contributed by atoms with Gasteiger partial charge in [-0.15, -0.1) is 0 Å². The van der Waals surface area contributed by atoms with E-state index in [2.05, 4.69) is 20.9 Å². The van der Waals surface area contributed by atoms with Crippen LogP contribution in [0.5, 0.6) is 0 Å². The number of aryl methyl sites for hydroxylation is 1. The van der Waals surface area contributed by atoms with Crippen molar-refractivity contribution in [3.05, 3.63) is 69.5 Å². The summed E-state index contributed by atoms with van der Waals surface area (Å²) in [6, 6.07) is 8.26. The van der Waals surface area contributed by atoms with Crippen LogP contribution in [-0.2, 0) is 9.59 Å². The first-order valence-electron chi connectivity index (χ1n) is 9.41. The van der Waals surface area contributed by atoms with Crippen molar-refractivity contribution in [1.29, 1.82) is 0 Å². The van der Waals surface area contributed by atoms with Crippen molar-refractivity contribution in [1.82, 2.24) is 14.8 Å². The molecule has 0 spiro atoms. The molecule has 1 aromatic carbocycles. The maximum atomic E-state index is 12.9. The predicted octanol–water partition coefficient (Wildman–Crippen LogP) is 3.53. The highest BCUT2D eigenvalue weighted by Crippen LogP contribution is 2.39. The Balaban J connectivity index is 2.09. The number of ketones is 1. The molecule has 1 fully saturated rings. The Bertz CT molecular complexity index is 957. The summed E-state index contributed by atoms with van der Waals surface area (Å²) in [7, 11) is 3.92. The van der Waals surface area contributed by atoms with Crippen LogP contribution in [0.2, 0.25) is 0 Å². The van der Waals surface area contributed by atoms with Gasteiger partial charge in [0.25, 0.3) is 11.7 Å². The lowest BCUT2D eigenvalue weighted by atomic mass is 9.96. The lowest BCUT2D eigenvalue weighted by molar-refractivity contribution is -0.139. The molecule has 2 heterocycles. The standard InChI is InChI=1S/C22H24BrN3O3/c1-14-12-15(7-8-17(14)23)20(27)18-19(16-6-4-9-24-13-16)26(22(29)21(18)28)11-5-10-25(2)3/h4,6-9,12-13,19,27H,5,10-11H2,1-3H3/b20-18-. The zero-order valence-electron chi connectivity index (χ0n) is 16.7. The summed E-state index contributed by atoms with van der Waals surface area (Å²) >= 11 is 3.44. The van der Waals surface area contributed by atoms with Crippen LogP contribution in [-0.4, -0.2) is 58.8 Å². The number of aliphatic hydroxyl groups excluding tert-OH is 1. The molecular formula is C22H24BrN3O3. The van der Waals surface area contributed by atoms with E-state index in [9.17, 15) is 14.7 Å². The largest absolute Gasteiger partial charge is 0.507 e. The van der Waals surface area contributed by atoms with Gasteiger partial charge >= 0.3 is 0 Å². The first-order valence-corrected chi connectivity index (χ1v) is 10.2. The molecule has 6 nitrogen and oxygen atoms in total. The van der Waals surface area contributed by atoms with E-state index in [1.807, 2.05) is 38.1 Å². The maximum absolute atomic E-state index is 12.9. The summed E-state index contributed by atoms with van der Waals surface area (Å²) < 4.78 is 0.905. The number of halogens is 1. The van der Waals surface area contributed by atoms with Gasteiger partial charge in [0.05, 0.1) is 11.6 Å². The Morgan fingerprint density at radius 1 is 1.28 bits per heavy atom. The first kappa shape index (κ1) is 21.2. The molecule has 1 aliphatic rings. The molecule has 0 bridgehead atoms. The molecule has 1 unspecified atom stereocenters. The van der Waals surface area contributed by atoms with E-state index >= 15 is 0 Å². The second-order valence-corrected chi connectivity index (χ2v) is 8.25. The third kappa shape index (κ3) is 4.41. The number of likely N-dealkylation sites (tertiary alicyclic amines) is 1. The molecule has 1 saturated heterocycles. The molecule has 0 radical (unpaired) electrons. The van der Waals surface area contributed by atoms with Gasteiger partial charge in [-0.05, 0) is 63.3 Å². The zero-order chi connectivity index (χ0) is 21.1. The average molecular weight is 458 g/mol. The normalized spacial score (nSPS) is 18.7. The molecule has 7 heteroatoms. The number of pyridine rings is 1. The van der Waals surface area contributed by atoms with E-state index in [1.165, 1.54) is 0 Å². The number of rotatable bonds is 6. The van der Waals surface area contributed by atoms with Gasteiger partial charge in [-0.25, -0.2) is 0 Å². The molecule has 29 heavy (non-hydrogen) atoms. The SMILES string of the molecule is Cc1cc(/C(O)=C2/C(=O)C(=O)N(CCCN(C)C)C2c2cccnc2)ccc1Br. The highest BCUT2D eigenvalue weighted by atomic mass is 79.9. The van der Waals surface area contributed by atoms with Crippen molar-refractivity contribution in [2.45, 2.75) is 19.4 Å². The summed E-state index contributed by atoms with van der Waals surface area (Å²) in [5, 5.41) is 11.0. The smallest absolute Gasteiger partial charge is 0.295 e. The van der Waals surface area contributed by atoms with E-state index in [4.69, 9.17) is 0 Å². The van der Waals surface area contributed by atoms with Crippen molar-refractivity contribution in [3.8, 4) is 0 Å². The Morgan fingerprint density at radius 3 is 2.66 bits per heavy atom. The minimum absolute atomic E-state index is 0.106. The van der Waals surface area contributed by atoms with Crippen LogP contribution >= 0.6 is 15.9 Å². The van der Waals surface area contributed by atoms with E-state index in [0.717, 1.165) is 16.6 Å². The molecule has 152 valence electrons. The molecule has 1 N–H and O–H groups in total. The summed E-state index contributed by atoms with van der Waals surface area (Å²) in [5.41, 5.74) is 2.24. The van der Waals surface area contributed by atoms with Crippen LogP contribution in [0.1, 0.15) is 29.2 Å². The lowest BCUT2D eigenvalue weighted by Crippen LogP contribution is -2.32. The first-order chi connectivity index (χ1) is 13.8. The number of nitrogens with zero attached hydrogens (tertiary/aromatic N) is 3. The molecule has 3 rings (SSSR count). The van der Waals surface area contributed by atoms with Gasteiger partial charge < -0.3 is 14.9 Å². The summed E-state index contributed by atoms with van der Waals surface area (Å²) in [6.45, 7) is 3.10. The molecule has 2 aromatic rings. The fourth-order valence-corrected chi connectivity index (χ4v) is 3.75. The van der Waals surface area contributed by atoms with Crippen LogP contribution < -0.4 is 0 Å². The number of hydrogen-bond acceptors (Lipinski definition) is 5.